The molecule has 1 saturated heterocycles. The third kappa shape index (κ3) is 6.99. The number of halogens is 1. The number of carbonyl (C=O) groups excluding carboxylic acids is 5. The molecule has 0 radical (unpaired) electrons. The number of imide groups is 1. The van der Waals surface area contributed by atoms with Crippen molar-refractivity contribution in [3.05, 3.63) is 131 Å². The fourth-order valence-corrected chi connectivity index (χ4v) is 5.63. The summed E-state index contributed by atoms with van der Waals surface area (Å²) in [5, 5.41) is 4.61. The van der Waals surface area contributed by atoms with Gasteiger partial charge >= 0.3 is 0 Å². The quantitative estimate of drug-likeness (QED) is 0.140. The summed E-state index contributed by atoms with van der Waals surface area (Å²) in [6.07, 6.45) is 1.24. The first-order valence-electron chi connectivity index (χ1n) is 13.6. The van der Waals surface area contributed by atoms with Crippen molar-refractivity contribution in [2.45, 2.75) is 23.5 Å². The summed E-state index contributed by atoms with van der Waals surface area (Å²) in [7, 11) is 0. The Morgan fingerprint density at radius 1 is 0.864 bits per heavy atom. The van der Waals surface area contributed by atoms with Gasteiger partial charge in [0.05, 0.1) is 10.9 Å². The molecule has 1 aliphatic rings. The summed E-state index contributed by atoms with van der Waals surface area (Å²) in [6, 6.07) is 27.1. The molecule has 4 aromatic rings. The highest BCUT2D eigenvalue weighted by molar-refractivity contribution is 8.00. The van der Waals surface area contributed by atoms with Crippen LogP contribution in [0.5, 0.6) is 0 Å². The second-order valence-electron chi connectivity index (χ2n) is 9.86. The first kappa shape index (κ1) is 30.1. The molecule has 0 bridgehead atoms. The summed E-state index contributed by atoms with van der Waals surface area (Å²) in [5.41, 5.74) is 1.48. The normalized spacial score (nSPS) is 14.8. The van der Waals surface area contributed by atoms with E-state index in [1.807, 2.05) is 0 Å². The van der Waals surface area contributed by atoms with Crippen LogP contribution in [0.4, 0.5) is 15.8 Å². The average molecular weight is 608 g/mol. The number of Topliss-reactive ketones (excluding diaryl/α,β-unsaturated/α-hetero) is 1. The summed E-state index contributed by atoms with van der Waals surface area (Å²) in [5.74, 6) is -2.66. The lowest BCUT2D eigenvalue weighted by Crippen LogP contribution is -2.31. The van der Waals surface area contributed by atoms with Gasteiger partial charge in [-0.3, -0.25) is 24.0 Å². The Kier molecular flexibility index (Phi) is 9.11. The Hall–Kier alpha value is -5.35. The Bertz CT molecular complexity index is 1790. The third-order valence-corrected chi connectivity index (χ3v) is 7.92. The first-order chi connectivity index (χ1) is 21.2. The Labute approximate surface area is 257 Å². The molecule has 1 fully saturated rings. The molecule has 1 aliphatic heterocycles. The molecular weight excluding hydrogens is 581 g/mol. The van der Waals surface area contributed by atoms with Crippen molar-refractivity contribution in [1.82, 2.24) is 5.32 Å². The molecular formula is C34H26FN3O5S. The standard InChI is InChI=1S/C34H26FN3O5S/c1-21(39)22-14-16-26(17-15-22)38-31(40)20-30(34(38)43)44-27-12-7-11-25(19-27)36-33(42)29(18-24-10-5-6-13-28(24)35)37-32(41)23-8-3-2-4-9-23/h2-19,30H,20H2,1H3,(H,36,42)(H,37,41). The number of hydrogen-bond acceptors (Lipinski definition) is 6. The predicted molar refractivity (Wildman–Crippen MR) is 167 cm³/mol. The van der Waals surface area contributed by atoms with Crippen LogP contribution >= 0.6 is 11.8 Å². The molecule has 0 spiro atoms. The van der Waals surface area contributed by atoms with Crippen molar-refractivity contribution in [2.75, 3.05) is 10.2 Å². The maximum atomic E-state index is 14.4. The van der Waals surface area contributed by atoms with Crippen LogP contribution < -0.4 is 15.5 Å². The number of thioether (sulfide) groups is 1. The van der Waals surface area contributed by atoms with Crippen LogP contribution in [0.15, 0.2) is 114 Å². The second kappa shape index (κ2) is 13.3. The molecule has 44 heavy (non-hydrogen) atoms. The zero-order valence-corrected chi connectivity index (χ0v) is 24.3. The van der Waals surface area contributed by atoms with Crippen LogP contribution in [0, 0.1) is 5.82 Å². The van der Waals surface area contributed by atoms with Crippen LogP contribution in [0.1, 0.15) is 39.6 Å². The fraction of sp³-hybridized carbons (Fsp3) is 0.0882. The van der Waals surface area contributed by atoms with Crippen molar-refractivity contribution in [3.8, 4) is 0 Å². The van der Waals surface area contributed by atoms with Gasteiger partial charge in [0.1, 0.15) is 11.5 Å². The number of hydrogen-bond donors (Lipinski definition) is 2. The summed E-state index contributed by atoms with van der Waals surface area (Å²) in [4.78, 5) is 65.5. The van der Waals surface area contributed by atoms with E-state index in [1.54, 1.807) is 84.9 Å². The minimum absolute atomic E-state index is 0.0183. The minimum atomic E-state index is -0.692. The highest BCUT2D eigenvalue weighted by Gasteiger charge is 2.40. The molecule has 0 aliphatic carbocycles. The average Bonchev–Trinajstić information content (AvgIpc) is 3.30. The SMILES string of the molecule is CC(=O)c1ccc(N2C(=O)CC(Sc3cccc(NC(=O)C(=Cc4ccccc4F)NC(=O)c4ccccc4)c3)C2=O)cc1. The monoisotopic (exact) mass is 607 g/mol. The number of benzene rings is 4. The maximum absolute atomic E-state index is 14.4. The van der Waals surface area contributed by atoms with E-state index in [9.17, 15) is 28.4 Å². The summed E-state index contributed by atoms with van der Waals surface area (Å²) < 4.78 is 14.4. The smallest absolute Gasteiger partial charge is 0.272 e. The van der Waals surface area contributed by atoms with E-state index in [2.05, 4.69) is 10.6 Å². The zero-order chi connectivity index (χ0) is 31.2. The largest absolute Gasteiger partial charge is 0.321 e. The topological polar surface area (TPSA) is 113 Å². The number of carbonyl (C=O) groups is 5. The second-order valence-corrected chi connectivity index (χ2v) is 11.1. The van der Waals surface area contributed by atoms with E-state index < -0.39 is 22.9 Å². The third-order valence-electron chi connectivity index (χ3n) is 6.74. The number of nitrogens with zero attached hydrogens (tertiary/aromatic N) is 1. The molecule has 220 valence electrons. The van der Waals surface area contributed by atoms with E-state index in [0.717, 1.165) is 4.90 Å². The number of anilines is 2. The van der Waals surface area contributed by atoms with Gasteiger partial charge in [0.15, 0.2) is 5.78 Å². The van der Waals surface area contributed by atoms with E-state index >= 15 is 0 Å². The van der Waals surface area contributed by atoms with Crippen molar-refractivity contribution < 1.29 is 28.4 Å². The van der Waals surface area contributed by atoms with Crippen molar-refractivity contribution in [1.29, 1.82) is 0 Å². The lowest BCUT2D eigenvalue weighted by atomic mass is 10.1. The van der Waals surface area contributed by atoms with Crippen molar-refractivity contribution >= 4 is 58.6 Å². The van der Waals surface area contributed by atoms with Crippen molar-refractivity contribution in [2.24, 2.45) is 0 Å². The van der Waals surface area contributed by atoms with Crippen LogP contribution in [0.25, 0.3) is 6.08 Å². The van der Waals surface area contributed by atoms with Crippen LogP contribution in [-0.2, 0) is 14.4 Å². The highest BCUT2D eigenvalue weighted by Crippen LogP contribution is 2.35. The molecule has 5 rings (SSSR count). The molecule has 1 atom stereocenters. The van der Waals surface area contributed by atoms with Crippen LogP contribution in [0.2, 0.25) is 0 Å². The van der Waals surface area contributed by atoms with E-state index in [1.165, 1.54) is 43.0 Å². The van der Waals surface area contributed by atoms with Gasteiger partial charge < -0.3 is 10.6 Å². The van der Waals surface area contributed by atoms with Gasteiger partial charge in [-0.2, -0.15) is 0 Å². The number of ketones is 1. The van der Waals surface area contributed by atoms with E-state index in [-0.39, 0.29) is 35.3 Å². The van der Waals surface area contributed by atoms with Gasteiger partial charge in [-0.1, -0.05) is 42.5 Å². The number of nitrogens with one attached hydrogen (secondary N) is 2. The molecule has 2 N–H and O–H groups in total. The minimum Gasteiger partial charge on any atom is -0.321 e. The lowest BCUT2D eigenvalue weighted by Gasteiger charge is -2.15. The molecule has 10 heteroatoms. The Morgan fingerprint density at radius 2 is 1.57 bits per heavy atom. The Morgan fingerprint density at radius 3 is 2.27 bits per heavy atom. The molecule has 8 nitrogen and oxygen atoms in total. The fourth-order valence-electron chi connectivity index (χ4n) is 4.51. The van der Waals surface area contributed by atoms with E-state index in [0.29, 0.717) is 27.4 Å². The van der Waals surface area contributed by atoms with Gasteiger partial charge in [-0.25, -0.2) is 9.29 Å². The predicted octanol–water partition coefficient (Wildman–Crippen LogP) is 5.86. The lowest BCUT2D eigenvalue weighted by molar-refractivity contribution is -0.121. The molecule has 0 saturated carbocycles. The summed E-state index contributed by atoms with van der Waals surface area (Å²) >= 11 is 1.18. The molecule has 1 heterocycles. The molecule has 4 aromatic carbocycles. The number of rotatable bonds is 9. The van der Waals surface area contributed by atoms with E-state index in [4.69, 9.17) is 0 Å². The van der Waals surface area contributed by atoms with Gasteiger partial charge in [-0.05, 0) is 73.7 Å². The molecule has 0 aromatic heterocycles. The summed E-state index contributed by atoms with van der Waals surface area (Å²) in [6.45, 7) is 1.44. The van der Waals surface area contributed by atoms with Gasteiger partial charge in [0.25, 0.3) is 11.8 Å². The van der Waals surface area contributed by atoms with Crippen LogP contribution in [-0.4, -0.2) is 34.7 Å². The van der Waals surface area contributed by atoms with Gasteiger partial charge in [-0.15, -0.1) is 11.8 Å². The number of amides is 4. The molecule has 1 unspecified atom stereocenters. The maximum Gasteiger partial charge on any atom is 0.272 e. The van der Waals surface area contributed by atoms with Crippen LogP contribution in [0.3, 0.4) is 0 Å². The van der Waals surface area contributed by atoms with Crippen molar-refractivity contribution in [3.63, 3.8) is 0 Å². The Balaban J connectivity index is 1.32. The highest BCUT2D eigenvalue weighted by atomic mass is 32.2. The first-order valence-corrected chi connectivity index (χ1v) is 14.5. The molecule has 4 amide bonds. The van der Waals surface area contributed by atoms with Gasteiger partial charge in [0.2, 0.25) is 11.8 Å². The zero-order valence-electron chi connectivity index (χ0n) is 23.5. The van der Waals surface area contributed by atoms with Gasteiger partial charge in [0, 0.05) is 33.7 Å².